The topological polar surface area (TPSA) is 231 Å². The second-order valence-corrected chi connectivity index (χ2v) is 19.0. The quantitative estimate of drug-likeness (QED) is 0.0627. The number of nitrogens with two attached hydrogens (primary N) is 1. The minimum atomic E-state index is -4.65. The Morgan fingerprint density at radius 3 is 1.55 bits per heavy atom. The summed E-state index contributed by atoms with van der Waals surface area (Å²) in [7, 11) is 0. The lowest BCUT2D eigenvalue weighted by molar-refractivity contribution is -0.138. The van der Waals surface area contributed by atoms with E-state index >= 15 is 0 Å². The molecule has 2 aliphatic rings. The lowest BCUT2D eigenvalue weighted by atomic mass is 10.1. The van der Waals surface area contributed by atoms with Gasteiger partial charge < -0.3 is 39.9 Å². The molecule has 5 aromatic heterocycles. The van der Waals surface area contributed by atoms with Crippen LogP contribution in [0.4, 0.5) is 22.0 Å². The summed E-state index contributed by atoms with van der Waals surface area (Å²) in [5.41, 5.74) is 6.89. The van der Waals surface area contributed by atoms with Gasteiger partial charge >= 0.3 is 6.18 Å². The number of amides is 4. The first-order valence-corrected chi connectivity index (χ1v) is 24.0. The summed E-state index contributed by atoms with van der Waals surface area (Å²) in [4.78, 5) is 61.5. The number of fused-ring (bicyclic) bond motifs is 2. The van der Waals surface area contributed by atoms with Crippen molar-refractivity contribution in [3.63, 3.8) is 0 Å². The van der Waals surface area contributed by atoms with Crippen molar-refractivity contribution < 1.29 is 50.2 Å². The summed E-state index contributed by atoms with van der Waals surface area (Å²) >= 11 is 13.3. The number of carbonyl (C=O) groups is 4. The Bertz CT molecular complexity index is 3770. The number of hydrogen-bond acceptors (Lipinski definition) is 11. The van der Waals surface area contributed by atoms with Crippen molar-refractivity contribution in [2.24, 2.45) is 11.1 Å². The third-order valence-corrected chi connectivity index (χ3v) is 13.8. The number of halogens is 7. The molecule has 4 aromatic carbocycles. The first-order chi connectivity index (χ1) is 36.2. The molecule has 0 unspecified atom stereocenters. The molecule has 0 spiro atoms. The zero-order valence-electron chi connectivity index (χ0n) is 39.9. The van der Waals surface area contributed by atoms with E-state index in [2.05, 4.69) is 41.2 Å². The number of rotatable bonds is 13. The number of carbonyl (C=O) groups excluding carboxylic acids is 4. The van der Waals surface area contributed by atoms with Gasteiger partial charge in [0.25, 0.3) is 5.91 Å². The molecule has 76 heavy (non-hydrogen) atoms. The van der Waals surface area contributed by atoms with Crippen molar-refractivity contribution in [2.45, 2.75) is 64.3 Å². The minimum absolute atomic E-state index is 0.122. The van der Waals surface area contributed by atoms with Crippen molar-refractivity contribution >= 4 is 68.6 Å². The third-order valence-electron chi connectivity index (χ3n) is 13.0. The molecule has 0 radical (unpaired) electrons. The highest BCUT2D eigenvalue weighted by atomic mass is 35.5. The van der Waals surface area contributed by atoms with Gasteiger partial charge in [-0.2, -0.15) is 23.1 Å². The summed E-state index contributed by atoms with van der Waals surface area (Å²) < 4.78 is 80.9. The number of aromatic nitrogens is 7. The Labute approximate surface area is 436 Å². The predicted molar refractivity (Wildman–Crippen MR) is 266 cm³/mol. The highest BCUT2D eigenvalue weighted by molar-refractivity contribution is 6.39. The maximum absolute atomic E-state index is 14.1. The Hall–Kier alpha value is -8.50. The van der Waals surface area contributed by atoms with Gasteiger partial charge in [-0.05, 0) is 104 Å². The van der Waals surface area contributed by atoms with Crippen molar-refractivity contribution in [1.29, 1.82) is 0 Å². The van der Waals surface area contributed by atoms with Crippen LogP contribution in [0.2, 0.25) is 10.0 Å². The Morgan fingerprint density at radius 1 is 0.671 bits per heavy atom. The fourth-order valence-electron chi connectivity index (χ4n) is 8.66. The van der Waals surface area contributed by atoms with Crippen LogP contribution >= 0.6 is 23.2 Å². The summed E-state index contributed by atoms with van der Waals surface area (Å²) in [6, 6.07) is 23.8. The number of hydrogen-bond donors (Lipinski definition) is 4. The van der Waals surface area contributed by atoms with Crippen LogP contribution in [-0.4, -0.2) is 63.6 Å². The molecule has 5 heterocycles. The van der Waals surface area contributed by atoms with Crippen LogP contribution in [0.15, 0.2) is 112 Å². The van der Waals surface area contributed by atoms with Crippen LogP contribution in [0.1, 0.15) is 64.5 Å². The maximum atomic E-state index is 14.1. The maximum Gasteiger partial charge on any atom is 0.417 e. The van der Waals surface area contributed by atoms with E-state index in [9.17, 15) is 41.1 Å². The molecule has 2 aliphatic carbocycles. The number of primary amides is 1. The van der Waals surface area contributed by atoms with Gasteiger partial charge in [0, 0.05) is 61.5 Å². The Morgan fingerprint density at radius 2 is 1.14 bits per heavy atom. The number of pyridine rings is 1. The molecule has 0 bridgehead atoms. The van der Waals surface area contributed by atoms with Crippen molar-refractivity contribution in [3.8, 4) is 34.4 Å². The van der Waals surface area contributed by atoms with Gasteiger partial charge in [0.1, 0.15) is 34.0 Å². The minimum Gasteiger partial charge on any atom is -0.369 e. The fraction of sp³-hybridized carbons (Fsp3) is 0.212. The molecule has 17 nitrogen and oxygen atoms in total. The monoisotopic (exact) mass is 1080 g/mol. The number of nitrogens with zero attached hydrogens (tertiary/aromatic N) is 7. The molecule has 9 aromatic rings. The van der Waals surface area contributed by atoms with E-state index < -0.39 is 52.0 Å². The molecule has 11 rings (SSSR count). The highest BCUT2D eigenvalue weighted by Crippen LogP contribution is 2.46. The van der Waals surface area contributed by atoms with E-state index in [1.54, 1.807) is 54.8 Å². The molecule has 0 saturated heterocycles. The SMILES string of the molecule is Cc1nc(-c2c(Cl)c3cc(F)ccc3n2-c2ccc(CNC(=O)C3(C(N)=O)CC3)cc2)no1.Cc1nc(-c2c(Cl)c3cc(F)ccc3n2-c2ccc(CNC(=O)C3(NC(=O)c4cncc(C(F)(F)F)c4)CC3)cc2)no1. The van der Waals surface area contributed by atoms with E-state index in [1.165, 1.54) is 24.3 Å². The highest BCUT2D eigenvalue weighted by Gasteiger charge is 2.55. The first kappa shape index (κ1) is 51.0. The van der Waals surface area contributed by atoms with Gasteiger partial charge in [0.2, 0.25) is 41.2 Å². The Kier molecular flexibility index (Phi) is 13.2. The Balaban J connectivity index is 0.000000179. The molecule has 0 aliphatic heterocycles. The van der Waals surface area contributed by atoms with Gasteiger partial charge in [-0.1, -0.05) is 57.8 Å². The van der Waals surface area contributed by atoms with Gasteiger partial charge in [-0.15, -0.1) is 0 Å². The van der Waals surface area contributed by atoms with Gasteiger partial charge in [0.15, 0.2) is 0 Å². The van der Waals surface area contributed by atoms with E-state index in [0.717, 1.165) is 23.0 Å². The fourth-order valence-corrected chi connectivity index (χ4v) is 9.30. The molecule has 0 atom stereocenters. The molecular weight excluding hydrogens is 1040 g/mol. The second kappa shape index (κ2) is 19.6. The molecule has 388 valence electrons. The zero-order valence-corrected chi connectivity index (χ0v) is 41.4. The summed E-state index contributed by atoms with van der Waals surface area (Å²) in [6.45, 7) is 3.69. The first-order valence-electron chi connectivity index (χ1n) is 23.3. The lowest BCUT2D eigenvalue weighted by Crippen LogP contribution is -2.48. The van der Waals surface area contributed by atoms with Gasteiger partial charge in [0.05, 0.1) is 32.2 Å². The summed E-state index contributed by atoms with van der Waals surface area (Å²) in [5.74, 6) is -1.86. The standard InChI is InChI=1S/C29H21ClF4N6O3.C23H19ClFN5O3/c1-15-37-25(39-43-15)24-23(30)21-11-19(31)4-7-22(21)40(24)20-5-2-16(3-6-20)12-36-27(42)28(8-9-28)38-26(41)17-10-18(14-35-13-17)29(32,33)34;1-12-28-20(29-33-12)19-18(24)16-10-14(25)4-7-17(16)30(19)15-5-2-13(3-6-15)11-27-22(32)23(8-9-23)21(26)31/h2-7,10-11,13-14H,8-9,12H2,1H3,(H,36,42)(H,38,41);2-7,10H,8-9,11H2,1H3,(H2,26,31)(H,27,32). The van der Waals surface area contributed by atoms with Crippen molar-refractivity contribution in [3.05, 3.63) is 159 Å². The number of alkyl halides is 3. The lowest BCUT2D eigenvalue weighted by Gasteiger charge is -2.18. The van der Waals surface area contributed by atoms with Gasteiger partial charge in [-0.3, -0.25) is 24.2 Å². The number of benzene rings is 4. The molecule has 5 N–H and O–H groups in total. The van der Waals surface area contributed by atoms with Crippen LogP contribution in [0.5, 0.6) is 0 Å². The van der Waals surface area contributed by atoms with Crippen LogP contribution in [0.25, 0.3) is 56.2 Å². The molecule has 4 amide bonds. The summed E-state index contributed by atoms with van der Waals surface area (Å²) in [6.07, 6.45) is -1.36. The summed E-state index contributed by atoms with van der Waals surface area (Å²) in [5, 5.41) is 17.6. The van der Waals surface area contributed by atoms with E-state index in [4.69, 9.17) is 38.0 Å². The molecular formula is C52H40Cl2F5N11O6. The average molecular weight is 1080 g/mol. The van der Waals surface area contributed by atoms with Crippen LogP contribution in [-0.2, 0) is 33.6 Å². The molecule has 2 fully saturated rings. The van der Waals surface area contributed by atoms with Gasteiger partial charge in [-0.25, -0.2) is 8.78 Å². The second-order valence-electron chi connectivity index (χ2n) is 18.2. The van der Waals surface area contributed by atoms with Crippen LogP contribution < -0.4 is 21.7 Å². The van der Waals surface area contributed by atoms with Crippen molar-refractivity contribution in [2.75, 3.05) is 0 Å². The van der Waals surface area contributed by atoms with E-state index in [-0.39, 0.29) is 41.2 Å². The number of nitrogens with one attached hydrogen (secondary N) is 3. The predicted octanol–water partition coefficient (Wildman–Crippen LogP) is 9.44. The largest absolute Gasteiger partial charge is 0.417 e. The third kappa shape index (κ3) is 9.83. The number of aryl methyl sites for hydroxylation is 2. The molecule has 24 heteroatoms. The smallest absolute Gasteiger partial charge is 0.369 e. The van der Waals surface area contributed by atoms with E-state index in [0.29, 0.717) is 93.6 Å². The molecule has 2 saturated carbocycles. The normalized spacial score (nSPS) is 14.2. The van der Waals surface area contributed by atoms with Crippen LogP contribution in [0, 0.1) is 30.9 Å². The van der Waals surface area contributed by atoms with Crippen LogP contribution in [0.3, 0.4) is 0 Å². The van der Waals surface area contributed by atoms with Crippen molar-refractivity contribution in [1.82, 2.24) is 50.3 Å². The average Bonchev–Trinajstić information content (AvgIpc) is 4.26. The van der Waals surface area contributed by atoms with E-state index in [1.807, 2.05) is 28.8 Å². The zero-order chi connectivity index (χ0) is 53.8.